The van der Waals surface area contributed by atoms with Gasteiger partial charge >= 0.3 is 6.18 Å². The van der Waals surface area contributed by atoms with E-state index in [1.165, 1.54) is 6.07 Å². The maximum absolute atomic E-state index is 13.0. The van der Waals surface area contributed by atoms with E-state index in [1.54, 1.807) is 17.9 Å². The Hall–Kier alpha value is -2.38. The Morgan fingerprint density at radius 1 is 1.29 bits per heavy atom. The van der Waals surface area contributed by atoms with Crippen molar-refractivity contribution < 1.29 is 18.0 Å². The summed E-state index contributed by atoms with van der Waals surface area (Å²) in [5.41, 5.74) is 0.497. The van der Waals surface area contributed by atoms with Gasteiger partial charge in [-0.1, -0.05) is 12.1 Å². The second-order valence-electron chi connectivity index (χ2n) is 5.89. The van der Waals surface area contributed by atoms with Gasteiger partial charge < -0.3 is 4.90 Å². The molecule has 2 heterocycles. The van der Waals surface area contributed by atoms with Crippen molar-refractivity contribution in [2.24, 2.45) is 0 Å². The molecule has 0 spiro atoms. The van der Waals surface area contributed by atoms with Gasteiger partial charge in [-0.2, -0.15) is 28.6 Å². The number of benzene rings is 1. The summed E-state index contributed by atoms with van der Waals surface area (Å²) in [6, 6.07) is 4.81. The average molecular weight is 338 g/mol. The molecule has 0 unspecified atom stereocenters. The summed E-state index contributed by atoms with van der Waals surface area (Å²) in [7, 11) is 0. The molecule has 8 heteroatoms. The van der Waals surface area contributed by atoms with Crippen molar-refractivity contribution in [1.82, 2.24) is 20.3 Å². The second kappa shape index (κ2) is 6.26. The first-order chi connectivity index (χ1) is 11.4. The van der Waals surface area contributed by atoms with E-state index in [-0.39, 0.29) is 17.6 Å². The third-order valence-electron chi connectivity index (χ3n) is 4.29. The molecule has 1 aliphatic rings. The van der Waals surface area contributed by atoms with Crippen LogP contribution in [0, 0.1) is 6.92 Å². The fourth-order valence-corrected chi connectivity index (χ4v) is 3.07. The summed E-state index contributed by atoms with van der Waals surface area (Å²) < 4.78 is 38.9. The summed E-state index contributed by atoms with van der Waals surface area (Å²) >= 11 is 0. The van der Waals surface area contributed by atoms with Gasteiger partial charge in [0.2, 0.25) is 0 Å². The molecule has 5 nitrogen and oxygen atoms in total. The van der Waals surface area contributed by atoms with E-state index in [0.29, 0.717) is 24.2 Å². The second-order valence-corrected chi connectivity index (χ2v) is 5.89. The van der Waals surface area contributed by atoms with Gasteiger partial charge in [-0.15, -0.1) is 0 Å². The Morgan fingerprint density at radius 3 is 2.75 bits per heavy atom. The number of nitrogens with zero attached hydrogens (tertiary/aromatic N) is 3. The lowest BCUT2D eigenvalue weighted by molar-refractivity contribution is -0.137. The van der Waals surface area contributed by atoms with E-state index in [2.05, 4.69) is 15.4 Å². The van der Waals surface area contributed by atoms with Crippen LogP contribution in [0.5, 0.6) is 0 Å². The first-order valence-electron chi connectivity index (χ1n) is 7.73. The minimum atomic E-state index is -4.40. The smallest absolute Gasteiger partial charge is 0.330 e. The lowest BCUT2D eigenvalue weighted by Gasteiger charge is -2.36. The molecular formula is C16H17F3N4O. The number of aromatic amines is 1. The van der Waals surface area contributed by atoms with Crippen LogP contribution in [0.15, 0.2) is 24.3 Å². The number of amides is 1. The average Bonchev–Trinajstić information content (AvgIpc) is 2.99. The summed E-state index contributed by atoms with van der Waals surface area (Å²) in [6.45, 7) is 2.16. The Balaban J connectivity index is 1.93. The number of piperidine rings is 1. The van der Waals surface area contributed by atoms with Crippen LogP contribution in [0.3, 0.4) is 0 Å². The van der Waals surface area contributed by atoms with Gasteiger partial charge in [0.05, 0.1) is 17.3 Å². The molecule has 128 valence electrons. The minimum Gasteiger partial charge on any atom is -0.330 e. The highest BCUT2D eigenvalue weighted by molar-refractivity contribution is 5.93. The number of carbonyl (C=O) groups is 1. The molecule has 2 aromatic rings. The number of hydrogen-bond donors (Lipinski definition) is 1. The highest BCUT2D eigenvalue weighted by Gasteiger charge is 2.34. The van der Waals surface area contributed by atoms with Crippen molar-refractivity contribution >= 4 is 5.91 Å². The minimum absolute atomic E-state index is 0.217. The number of rotatable bonds is 2. The maximum atomic E-state index is 13.0. The molecule has 1 aromatic carbocycles. The Labute approximate surface area is 136 Å². The monoisotopic (exact) mass is 338 g/mol. The van der Waals surface area contributed by atoms with Crippen LogP contribution in [0.1, 0.15) is 52.6 Å². The molecule has 1 saturated heterocycles. The fourth-order valence-electron chi connectivity index (χ4n) is 3.07. The van der Waals surface area contributed by atoms with Crippen molar-refractivity contribution in [1.29, 1.82) is 0 Å². The zero-order valence-corrected chi connectivity index (χ0v) is 13.1. The molecule has 0 saturated carbocycles. The van der Waals surface area contributed by atoms with Crippen molar-refractivity contribution in [3.05, 3.63) is 46.8 Å². The van der Waals surface area contributed by atoms with E-state index in [9.17, 15) is 18.0 Å². The van der Waals surface area contributed by atoms with E-state index in [4.69, 9.17) is 0 Å². The molecule has 1 N–H and O–H groups in total. The summed E-state index contributed by atoms with van der Waals surface area (Å²) in [5.74, 6) is -0.302. The highest BCUT2D eigenvalue weighted by atomic mass is 19.4. The van der Waals surface area contributed by atoms with E-state index in [0.717, 1.165) is 25.0 Å². The number of nitrogens with one attached hydrogen (secondary N) is 1. The topological polar surface area (TPSA) is 61.9 Å². The highest BCUT2D eigenvalue weighted by Crippen LogP contribution is 2.36. The maximum Gasteiger partial charge on any atom is 0.416 e. The van der Waals surface area contributed by atoms with E-state index >= 15 is 0 Å². The van der Waals surface area contributed by atoms with Gasteiger partial charge in [-0.05, 0) is 43.9 Å². The number of aromatic nitrogens is 3. The van der Waals surface area contributed by atoms with Crippen LogP contribution < -0.4 is 0 Å². The molecule has 0 radical (unpaired) electrons. The molecule has 1 fully saturated rings. The molecule has 1 aliphatic heterocycles. The molecule has 1 atom stereocenters. The van der Waals surface area contributed by atoms with Crippen molar-refractivity contribution in [3.63, 3.8) is 0 Å². The van der Waals surface area contributed by atoms with Gasteiger partial charge in [0, 0.05) is 6.54 Å². The normalized spacial score (nSPS) is 18.7. The summed E-state index contributed by atoms with van der Waals surface area (Å²) in [5, 5.41) is 10.1. The van der Waals surface area contributed by atoms with Gasteiger partial charge in [-0.3, -0.25) is 4.79 Å². The van der Waals surface area contributed by atoms with Crippen molar-refractivity contribution in [3.8, 4) is 0 Å². The zero-order chi connectivity index (χ0) is 17.3. The van der Waals surface area contributed by atoms with Gasteiger partial charge in [0.25, 0.3) is 5.91 Å². The lowest BCUT2D eigenvalue weighted by Crippen LogP contribution is -2.39. The number of halogens is 3. The van der Waals surface area contributed by atoms with E-state index in [1.807, 2.05) is 0 Å². The van der Waals surface area contributed by atoms with Crippen LogP contribution in [0.2, 0.25) is 0 Å². The van der Waals surface area contributed by atoms with Crippen LogP contribution in [0.4, 0.5) is 13.2 Å². The summed E-state index contributed by atoms with van der Waals surface area (Å²) in [4.78, 5) is 14.3. The van der Waals surface area contributed by atoms with Gasteiger partial charge in [0.1, 0.15) is 0 Å². The Bertz CT molecular complexity index is 741. The first kappa shape index (κ1) is 16.5. The quantitative estimate of drug-likeness (QED) is 0.912. The predicted molar refractivity (Wildman–Crippen MR) is 80.2 cm³/mol. The number of likely N-dealkylation sites (tertiary alicyclic amines) is 1. The standard InChI is InChI=1S/C16H17F3N4O/c1-10-14(21-22-20-10)15(24)23-8-3-2-7-13(23)11-5-4-6-12(9-11)16(17,18)19/h4-6,9,13H,2-3,7-8H2,1H3,(H,20,21,22)/t13-/m0/s1. The van der Waals surface area contributed by atoms with Crippen molar-refractivity contribution in [2.45, 2.75) is 38.4 Å². The predicted octanol–water partition coefficient (Wildman–Crippen LogP) is 3.50. The number of hydrogen-bond acceptors (Lipinski definition) is 3. The Morgan fingerprint density at radius 2 is 2.08 bits per heavy atom. The number of H-pyrrole nitrogens is 1. The molecule has 3 rings (SSSR count). The Kier molecular flexibility index (Phi) is 4.29. The largest absolute Gasteiger partial charge is 0.416 e. The SMILES string of the molecule is Cc1n[nH]nc1C(=O)N1CCCC[C@H]1c1cccc(C(F)(F)F)c1. The number of alkyl halides is 3. The third-order valence-corrected chi connectivity index (χ3v) is 4.29. The number of aryl methyl sites for hydroxylation is 1. The lowest BCUT2D eigenvalue weighted by atomic mass is 9.93. The first-order valence-corrected chi connectivity index (χ1v) is 7.73. The molecule has 0 bridgehead atoms. The van der Waals surface area contributed by atoms with Crippen molar-refractivity contribution in [2.75, 3.05) is 6.54 Å². The van der Waals surface area contributed by atoms with Gasteiger partial charge in [-0.25, -0.2) is 0 Å². The third kappa shape index (κ3) is 3.13. The zero-order valence-electron chi connectivity index (χ0n) is 13.1. The molecule has 1 amide bonds. The fraction of sp³-hybridized carbons (Fsp3) is 0.438. The summed E-state index contributed by atoms with van der Waals surface area (Å²) in [6.07, 6.45) is -2.09. The molecule has 1 aromatic heterocycles. The van der Waals surface area contributed by atoms with Crippen LogP contribution in [-0.4, -0.2) is 32.8 Å². The molecule has 24 heavy (non-hydrogen) atoms. The van der Waals surface area contributed by atoms with E-state index < -0.39 is 11.7 Å². The number of carbonyl (C=O) groups excluding carboxylic acids is 1. The molecular weight excluding hydrogens is 321 g/mol. The van der Waals surface area contributed by atoms with Crippen LogP contribution in [-0.2, 0) is 6.18 Å². The van der Waals surface area contributed by atoms with Crippen LogP contribution >= 0.6 is 0 Å². The van der Waals surface area contributed by atoms with Gasteiger partial charge in [0.15, 0.2) is 5.69 Å². The van der Waals surface area contributed by atoms with Crippen LogP contribution in [0.25, 0.3) is 0 Å². The molecule has 0 aliphatic carbocycles.